The molecule has 1 aliphatic rings. The van der Waals surface area contributed by atoms with E-state index in [0.29, 0.717) is 35.1 Å². The lowest BCUT2D eigenvalue weighted by molar-refractivity contribution is 0.102. The molecule has 1 fully saturated rings. The zero-order valence-corrected chi connectivity index (χ0v) is 18.9. The Morgan fingerprint density at radius 3 is 2.18 bits per heavy atom. The summed E-state index contributed by atoms with van der Waals surface area (Å²) in [4.78, 5) is 15.2. The molecule has 0 atom stereocenters. The molecule has 0 unspecified atom stereocenters. The molecule has 7 nitrogen and oxygen atoms in total. The molecule has 1 aliphatic heterocycles. The maximum Gasteiger partial charge on any atom is 0.255 e. The van der Waals surface area contributed by atoms with Crippen LogP contribution in [0.5, 0.6) is 17.2 Å². The van der Waals surface area contributed by atoms with Gasteiger partial charge in [0.1, 0.15) is 6.61 Å². The number of carbonyl (C=O) groups is 1. The van der Waals surface area contributed by atoms with Gasteiger partial charge in [0.05, 0.1) is 27.4 Å². The molecule has 7 heteroatoms. The van der Waals surface area contributed by atoms with Crippen LogP contribution in [0.1, 0.15) is 15.9 Å². The van der Waals surface area contributed by atoms with Gasteiger partial charge >= 0.3 is 0 Å². The van der Waals surface area contributed by atoms with Gasteiger partial charge in [-0.05, 0) is 42.0 Å². The van der Waals surface area contributed by atoms with Gasteiger partial charge in [0.2, 0.25) is 5.75 Å². The van der Waals surface area contributed by atoms with Crippen LogP contribution < -0.4 is 24.4 Å². The van der Waals surface area contributed by atoms with Gasteiger partial charge in [0, 0.05) is 30.0 Å². The molecule has 0 spiro atoms. The largest absolute Gasteiger partial charge is 0.493 e. The van der Waals surface area contributed by atoms with Crippen LogP contribution in [0.15, 0.2) is 66.7 Å². The van der Waals surface area contributed by atoms with Crippen molar-refractivity contribution in [3.8, 4) is 17.2 Å². The molecular formula is C26H28N2O5. The third kappa shape index (κ3) is 5.56. The molecule has 0 radical (unpaired) electrons. The first-order valence-corrected chi connectivity index (χ1v) is 10.8. The Morgan fingerprint density at radius 2 is 1.58 bits per heavy atom. The predicted octanol–water partition coefficient (Wildman–Crippen LogP) is 4.37. The highest BCUT2D eigenvalue weighted by Gasteiger charge is 2.18. The molecule has 33 heavy (non-hydrogen) atoms. The number of nitrogens with one attached hydrogen (secondary N) is 1. The van der Waals surface area contributed by atoms with E-state index in [4.69, 9.17) is 18.9 Å². The van der Waals surface area contributed by atoms with Gasteiger partial charge in [0.15, 0.2) is 11.5 Å². The highest BCUT2D eigenvalue weighted by atomic mass is 16.5. The molecule has 0 aliphatic carbocycles. The summed E-state index contributed by atoms with van der Waals surface area (Å²) in [6.45, 7) is 3.54. The van der Waals surface area contributed by atoms with Crippen molar-refractivity contribution in [2.75, 3.05) is 50.7 Å². The van der Waals surface area contributed by atoms with E-state index in [-0.39, 0.29) is 5.91 Å². The Labute approximate surface area is 193 Å². The number of hydrogen-bond donors (Lipinski definition) is 1. The van der Waals surface area contributed by atoms with Gasteiger partial charge in [-0.25, -0.2) is 0 Å². The summed E-state index contributed by atoms with van der Waals surface area (Å²) in [5, 5.41) is 2.93. The average Bonchev–Trinajstić information content (AvgIpc) is 2.88. The van der Waals surface area contributed by atoms with Gasteiger partial charge in [-0.3, -0.25) is 4.79 Å². The van der Waals surface area contributed by atoms with Crippen molar-refractivity contribution < 1.29 is 23.7 Å². The van der Waals surface area contributed by atoms with E-state index < -0.39 is 0 Å². The molecule has 0 saturated carbocycles. The van der Waals surface area contributed by atoms with Crippen LogP contribution in [-0.2, 0) is 11.3 Å². The molecule has 0 bridgehead atoms. The van der Waals surface area contributed by atoms with Gasteiger partial charge in [0.25, 0.3) is 5.91 Å². The smallest absolute Gasteiger partial charge is 0.255 e. The fraction of sp³-hybridized carbons (Fsp3) is 0.269. The van der Waals surface area contributed by atoms with Crippen LogP contribution >= 0.6 is 0 Å². The van der Waals surface area contributed by atoms with E-state index in [1.54, 1.807) is 12.1 Å². The van der Waals surface area contributed by atoms with E-state index in [2.05, 4.69) is 10.2 Å². The van der Waals surface area contributed by atoms with E-state index in [1.807, 2.05) is 54.6 Å². The van der Waals surface area contributed by atoms with E-state index in [9.17, 15) is 4.79 Å². The van der Waals surface area contributed by atoms with Gasteiger partial charge in [-0.1, -0.05) is 30.3 Å². The number of nitrogens with zero attached hydrogens (tertiary/aromatic N) is 1. The molecular weight excluding hydrogens is 420 g/mol. The highest BCUT2D eigenvalue weighted by Crippen LogP contribution is 2.39. The molecule has 4 rings (SSSR count). The quantitative estimate of drug-likeness (QED) is 0.552. The number of methoxy groups -OCH3 is 2. The summed E-state index contributed by atoms with van der Waals surface area (Å²) < 4.78 is 22.4. The molecule has 3 aromatic carbocycles. The summed E-state index contributed by atoms with van der Waals surface area (Å²) in [6.07, 6.45) is 0. The number of rotatable bonds is 8. The predicted molar refractivity (Wildman–Crippen MR) is 128 cm³/mol. The molecule has 1 N–H and O–H groups in total. The van der Waals surface area contributed by atoms with Crippen molar-refractivity contribution in [1.82, 2.24) is 0 Å². The lowest BCUT2D eigenvalue weighted by Crippen LogP contribution is -2.36. The summed E-state index contributed by atoms with van der Waals surface area (Å²) in [5.41, 5.74) is 3.25. The van der Waals surface area contributed by atoms with E-state index >= 15 is 0 Å². The standard InChI is InChI=1S/C26H28N2O5/c1-30-23-16-20(17-24(31-2)25(23)33-18-19-6-4-3-5-7-19)26(29)27-21-8-10-22(11-9-21)28-12-14-32-15-13-28/h3-11,16-17H,12-15,18H2,1-2H3,(H,27,29). The lowest BCUT2D eigenvalue weighted by Gasteiger charge is -2.28. The Bertz CT molecular complexity index is 1040. The summed E-state index contributed by atoms with van der Waals surface area (Å²) in [6, 6.07) is 20.9. The second kappa shape index (κ2) is 10.7. The van der Waals surface area contributed by atoms with Gasteiger partial charge < -0.3 is 29.2 Å². The van der Waals surface area contributed by atoms with Crippen LogP contribution in [-0.4, -0.2) is 46.4 Å². The van der Waals surface area contributed by atoms with Crippen molar-refractivity contribution in [3.05, 3.63) is 77.9 Å². The molecule has 3 aromatic rings. The van der Waals surface area contributed by atoms with Crippen molar-refractivity contribution in [3.63, 3.8) is 0 Å². The molecule has 1 saturated heterocycles. The Kier molecular flexibility index (Phi) is 7.32. The molecule has 172 valence electrons. The Hall–Kier alpha value is -3.71. The van der Waals surface area contributed by atoms with Crippen LogP contribution in [0.4, 0.5) is 11.4 Å². The SMILES string of the molecule is COc1cc(C(=O)Nc2ccc(N3CCOCC3)cc2)cc(OC)c1OCc1ccccc1. The number of amides is 1. The van der Waals surface area contributed by atoms with Gasteiger partial charge in [-0.15, -0.1) is 0 Å². The zero-order valence-electron chi connectivity index (χ0n) is 18.9. The first kappa shape index (κ1) is 22.5. The second-order valence-corrected chi connectivity index (χ2v) is 7.58. The average molecular weight is 449 g/mol. The minimum absolute atomic E-state index is 0.264. The fourth-order valence-electron chi connectivity index (χ4n) is 3.66. The minimum Gasteiger partial charge on any atom is -0.493 e. The zero-order chi connectivity index (χ0) is 23.0. The number of carbonyl (C=O) groups excluding carboxylic acids is 1. The molecule has 1 heterocycles. The van der Waals surface area contributed by atoms with Crippen molar-refractivity contribution in [2.45, 2.75) is 6.61 Å². The second-order valence-electron chi connectivity index (χ2n) is 7.58. The third-order valence-electron chi connectivity index (χ3n) is 5.45. The Morgan fingerprint density at radius 1 is 0.939 bits per heavy atom. The van der Waals surface area contributed by atoms with E-state index in [1.165, 1.54) is 14.2 Å². The maximum atomic E-state index is 12.9. The monoisotopic (exact) mass is 448 g/mol. The van der Waals surface area contributed by atoms with Crippen LogP contribution in [0.25, 0.3) is 0 Å². The maximum absolute atomic E-state index is 12.9. The van der Waals surface area contributed by atoms with Crippen molar-refractivity contribution in [1.29, 1.82) is 0 Å². The van der Waals surface area contributed by atoms with Crippen LogP contribution in [0.2, 0.25) is 0 Å². The third-order valence-corrected chi connectivity index (χ3v) is 5.45. The summed E-state index contributed by atoms with van der Waals surface area (Å²) in [5.74, 6) is 1.05. The number of benzene rings is 3. The van der Waals surface area contributed by atoms with Crippen molar-refractivity contribution >= 4 is 17.3 Å². The number of hydrogen-bond acceptors (Lipinski definition) is 6. The van der Waals surface area contributed by atoms with E-state index in [0.717, 1.165) is 37.6 Å². The van der Waals surface area contributed by atoms with Crippen molar-refractivity contribution in [2.24, 2.45) is 0 Å². The molecule has 0 aromatic heterocycles. The van der Waals surface area contributed by atoms with Crippen LogP contribution in [0.3, 0.4) is 0 Å². The fourth-order valence-corrected chi connectivity index (χ4v) is 3.66. The summed E-state index contributed by atoms with van der Waals surface area (Å²) >= 11 is 0. The number of morpholine rings is 1. The number of anilines is 2. The summed E-state index contributed by atoms with van der Waals surface area (Å²) in [7, 11) is 3.08. The first-order chi connectivity index (χ1) is 16.2. The Balaban J connectivity index is 1.47. The first-order valence-electron chi connectivity index (χ1n) is 10.8. The van der Waals surface area contributed by atoms with Gasteiger partial charge in [-0.2, -0.15) is 0 Å². The minimum atomic E-state index is -0.264. The van der Waals surface area contributed by atoms with Crippen LogP contribution in [0, 0.1) is 0 Å². The topological polar surface area (TPSA) is 69.3 Å². The normalized spacial score (nSPS) is 13.3. The number of ether oxygens (including phenoxy) is 4. The highest BCUT2D eigenvalue weighted by molar-refractivity contribution is 6.05. The lowest BCUT2D eigenvalue weighted by atomic mass is 10.1. The molecule has 1 amide bonds.